The van der Waals surface area contributed by atoms with Crippen molar-refractivity contribution in [3.05, 3.63) is 48.0 Å². The van der Waals surface area contributed by atoms with Gasteiger partial charge in [-0.3, -0.25) is 0 Å². The Labute approximate surface area is 98.4 Å². The fourth-order valence-corrected chi connectivity index (χ4v) is 3.11. The lowest BCUT2D eigenvalue weighted by Crippen LogP contribution is -2.23. The smallest absolute Gasteiger partial charge is 0.0214 e. The van der Waals surface area contributed by atoms with E-state index in [1.807, 2.05) is 0 Å². The summed E-state index contributed by atoms with van der Waals surface area (Å²) >= 11 is 3.73. The normalized spacial score (nSPS) is 25.1. The van der Waals surface area contributed by atoms with E-state index in [-0.39, 0.29) is 0 Å². The minimum absolute atomic E-state index is 0.693. The molecule has 0 saturated heterocycles. The summed E-state index contributed by atoms with van der Waals surface area (Å²) in [4.78, 5) is 0.693. The summed E-state index contributed by atoms with van der Waals surface area (Å²) in [6.45, 7) is 0. The van der Waals surface area contributed by atoms with Gasteiger partial charge in [-0.25, -0.2) is 0 Å². The maximum Gasteiger partial charge on any atom is 0.0214 e. The minimum atomic E-state index is 0.693. The predicted octanol–water partition coefficient (Wildman–Crippen LogP) is 4.48. The lowest BCUT2D eigenvalue weighted by Gasteiger charge is -2.32. The Balaban J connectivity index is 2.06. The van der Waals surface area contributed by atoms with Crippen LogP contribution in [-0.4, -0.2) is 4.83 Å². The lowest BCUT2D eigenvalue weighted by molar-refractivity contribution is 0.444. The summed E-state index contributed by atoms with van der Waals surface area (Å²) in [5.41, 5.74) is 1.49. The van der Waals surface area contributed by atoms with E-state index in [4.69, 9.17) is 0 Å². The van der Waals surface area contributed by atoms with E-state index in [0.29, 0.717) is 4.83 Å². The highest BCUT2D eigenvalue weighted by Gasteiger charge is 2.29. The Kier molecular flexibility index (Phi) is 2.28. The average molecular weight is 261 g/mol. The topological polar surface area (TPSA) is 0 Å². The fourth-order valence-electron chi connectivity index (χ4n) is 2.27. The third kappa shape index (κ3) is 1.59. The molecule has 0 aliphatic heterocycles. The van der Waals surface area contributed by atoms with Crippen molar-refractivity contribution in [1.82, 2.24) is 0 Å². The third-order valence-corrected chi connectivity index (χ3v) is 4.49. The maximum absolute atomic E-state index is 3.73. The van der Waals surface area contributed by atoms with Gasteiger partial charge in [0, 0.05) is 4.83 Å². The standard InChI is InChI=1S/C14H13Br/c15-14-8-7-13(14)12-6-5-10-3-1-2-4-11(10)9-12/h1-6,9,13-14H,7-8H2. The number of alkyl halides is 1. The molecule has 0 aromatic heterocycles. The average Bonchev–Trinajstić information content (AvgIpc) is 2.27. The highest BCUT2D eigenvalue weighted by molar-refractivity contribution is 9.09. The van der Waals surface area contributed by atoms with Crippen LogP contribution in [0.25, 0.3) is 10.8 Å². The molecule has 0 nitrogen and oxygen atoms in total. The number of fused-ring (bicyclic) bond motifs is 1. The first-order chi connectivity index (χ1) is 7.34. The van der Waals surface area contributed by atoms with Crippen molar-refractivity contribution in [2.24, 2.45) is 0 Å². The van der Waals surface area contributed by atoms with Crippen molar-refractivity contribution in [2.75, 3.05) is 0 Å². The summed E-state index contributed by atoms with van der Waals surface area (Å²) < 4.78 is 0. The van der Waals surface area contributed by atoms with Gasteiger partial charge < -0.3 is 0 Å². The molecular formula is C14H13Br. The molecule has 0 N–H and O–H groups in total. The molecule has 1 saturated carbocycles. The van der Waals surface area contributed by atoms with Gasteiger partial charge in [0.05, 0.1) is 0 Å². The second-order valence-corrected chi connectivity index (χ2v) is 5.48. The third-order valence-electron chi connectivity index (χ3n) is 3.39. The van der Waals surface area contributed by atoms with E-state index in [1.165, 1.54) is 29.2 Å². The van der Waals surface area contributed by atoms with Crippen LogP contribution in [0.1, 0.15) is 24.3 Å². The summed E-state index contributed by atoms with van der Waals surface area (Å²) in [6, 6.07) is 15.4. The zero-order valence-corrected chi connectivity index (χ0v) is 10.1. The molecule has 15 heavy (non-hydrogen) atoms. The Morgan fingerprint density at radius 3 is 2.40 bits per heavy atom. The molecule has 1 aliphatic carbocycles. The molecular weight excluding hydrogens is 248 g/mol. The molecule has 3 rings (SSSR count). The van der Waals surface area contributed by atoms with Gasteiger partial charge >= 0.3 is 0 Å². The second-order valence-electron chi connectivity index (χ2n) is 4.31. The summed E-state index contributed by atoms with van der Waals surface area (Å²) in [7, 11) is 0. The van der Waals surface area contributed by atoms with Gasteiger partial charge in [-0.05, 0) is 35.1 Å². The van der Waals surface area contributed by atoms with Gasteiger partial charge in [0.15, 0.2) is 0 Å². The molecule has 2 aromatic carbocycles. The summed E-state index contributed by atoms with van der Waals surface area (Å²) in [6.07, 6.45) is 2.64. The van der Waals surface area contributed by atoms with Gasteiger partial charge in [0.25, 0.3) is 0 Å². The van der Waals surface area contributed by atoms with Crippen molar-refractivity contribution >= 4 is 26.7 Å². The van der Waals surface area contributed by atoms with Crippen molar-refractivity contribution in [1.29, 1.82) is 0 Å². The first-order valence-corrected chi connectivity index (χ1v) is 6.39. The van der Waals surface area contributed by atoms with E-state index in [1.54, 1.807) is 0 Å². The van der Waals surface area contributed by atoms with Crippen molar-refractivity contribution in [3.63, 3.8) is 0 Å². The molecule has 0 amide bonds. The minimum Gasteiger partial charge on any atom is -0.0884 e. The largest absolute Gasteiger partial charge is 0.0884 e. The number of halogens is 1. The van der Waals surface area contributed by atoms with E-state index in [9.17, 15) is 0 Å². The van der Waals surface area contributed by atoms with Crippen LogP contribution in [0.15, 0.2) is 42.5 Å². The van der Waals surface area contributed by atoms with Crippen LogP contribution in [0.3, 0.4) is 0 Å². The van der Waals surface area contributed by atoms with Crippen LogP contribution in [0.5, 0.6) is 0 Å². The van der Waals surface area contributed by atoms with Crippen LogP contribution >= 0.6 is 15.9 Å². The predicted molar refractivity (Wildman–Crippen MR) is 68.6 cm³/mol. The highest BCUT2D eigenvalue weighted by Crippen LogP contribution is 2.42. The number of rotatable bonds is 1. The molecule has 1 aliphatic rings. The monoisotopic (exact) mass is 260 g/mol. The summed E-state index contributed by atoms with van der Waals surface area (Å²) in [5, 5.41) is 2.70. The summed E-state index contributed by atoms with van der Waals surface area (Å²) in [5.74, 6) is 0.731. The van der Waals surface area contributed by atoms with E-state index in [0.717, 1.165) is 5.92 Å². The first-order valence-electron chi connectivity index (χ1n) is 5.47. The zero-order chi connectivity index (χ0) is 10.3. The molecule has 0 spiro atoms. The zero-order valence-electron chi connectivity index (χ0n) is 8.49. The van der Waals surface area contributed by atoms with Gasteiger partial charge in [-0.1, -0.05) is 58.4 Å². The SMILES string of the molecule is BrC1CCC1c1ccc2ccccc2c1. The maximum atomic E-state index is 3.73. The molecule has 2 atom stereocenters. The van der Waals surface area contributed by atoms with Crippen molar-refractivity contribution < 1.29 is 0 Å². The van der Waals surface area contributed by atoms with Gasteiger partial charge in [-0.2, -0.15) is 0 Å². The molecule has 0 bridgehead atoms. The molecule has 0 heterocycles. The second kappa shape index (κ2) is 3.64. The molecule has 1 fully saturated rings. The van der Waals surface area contributed by atoms with Crippen LogP contribution in [-0.2, 0) is 0 Å². The van der Waals surface area contributed by atoms with Gasteiger partial charge in [0.2, 0.25) is 0 Å². The Morgan fingerprint density at radius 1 is 0.933 bits per heavy atom. The Bertz CT molecular complexity index is 489. The highest BCUT2D eigenvalue weighted by atomic mass is 79.9. The van der Waals surface area contributed by atoms with Crippen LogP contribution in [0.4, 0.5) is 0 Å². The number of hydrogen-bond acceptors (Lipinski definition) is 0. The molecule has 76 valence electrons. The molecule has 1 heteroatoms. The van der Waals surface area contributed by atoms with Crippen LogP contribution in [0.2, 0.25) is 0 Å². The molecule has 2 unspecified atom stereocenters. The fraction of sp³-hybridized carbons (Fsp3) is 0.286. The van der Waals surface area contributed by atoms with E-state index >= 15 is 0 Å². The lowest BCUT2D eigenvalue weighted by atomic mass is 9.79. The molecule has 0 radical (unpaired) electrons. The van der Waals surface area contributed by atoms with E-state index in [2.05, 4.69) is 58.4 Å². The number of hydrogen-bond donors (Lipinski definition) is 0. The first kappa shape index (κ1) is 9.41. The molecule has 2 aromatic rings. The van der Waals surface area contributed by atoms with Crippen molar-refractivity contribution in [3.8, 4) is 0 Å². The van der Waals surface area contributed by atoms with Gasteiger partial charge in [0.1, 0.15) is 0 Å². The van der Waals surface area contributed by atoms with Crippen LogP contribution in [0, 0.1) is 0 Å². The number of benzene rings is 2. The Morgan fingerprint density at radius 2 is 1.73 bits per heavy atom. The quantitative estimate of drug-likeness (QED) is 0.664. The van der Waals surface area contributed by atoms with Crippen molar-refractivity contribution in [2.45, 2.75) is 23.6 Å². The van der Waals surface area contributed by atoms with Gasteiger partial charge in [-0.15, -0.1) is 0 Å². The van der Waals surface area contributed by atoms with Crippen LogP contribution < -0.4 is 0 Å². The Hall–Kier alpha value is -0.820. The van der Waals surface area contributed by atoms with E-state index < -0.39 is 0 Å².